The van der Waals surface area contributed by atoms with Crippen LogP contribution in [0.5, 0.6) is 0 Å². The molecule has 1 amide bonds. The van der Waals surface area contributed by atoms with Crippen molar-refractivity contribution in [3.63, 3.8) is 0 Å². The Kier molecular flexibility index (Phi) is 8.57. The summed E-state index contributed by atoms with van der Waals surface area (Å²) in [4.78, 5) is 24.0. The lowest BCUT2D eigenvalue weighted by molar-refractivity contribution is -0.137. The molecular formula is C21H27F2NO5. The fourth-order valence-electron chi connectivity index (χ4n) is 3.20. The van der Waals surface area contributed by atoms with E-state index in [1.54, 1.807) is 6.07 Å². The number of ether oxygens (including phenoxy) is 1. The van der Waals surface area contributed by atoms with Crippen molar-refractivity contribution in [2.45, 2.75) is 56.6 Å². The molecule has 0 aromatic heterocycles. The van der Waals surface area contributed by atoms with Gasteiger partial charge in [0.15, 0.2) is 0 Å². The highest BCUT2D eigenvalue weighted by molar-refractivity contribution is 5.69. The Labute approximate surface area is 168 Å². The topological polar surface area (TPSA) is 87.1 Å². The Morgan fingerprint density at radius 2 is 1.93 bits per heavy atom. The first-order valence-corrected chi connectivity index (χ1v) is 9.77. The van der Waals surface area contributed by atoms with E-state index in [0.717, 1.165) is 18.9 Å². The molecule has 1 aliphatic rings. The Bertz CT molecular complexity index is 696. The molecule has 1 aromatic carbocycles. The van der Waals surface area contributed by atoms with Crippen LogP contribution in [0.2, 0.25) is 0 Å². The number of carboxylic acids is 1. The van der Waals surface area contributed by atoms with E-state index < -0.39 is 30.1 Å². The van der Waals surface area contributed by atoms with Gasteiger partial charge in [0.05, 0.1) is 12.6 Å². The molecule has 1 saturated heterocycles. The van der Waals surface area contributed by atoms with Crippen LogP contribution in [0.25, 0.3) is 0 Å². The molecule has 6 nitrogen and oxygen atoms in total. The lowest BCUT2D eigenvalue weighted by atomic mass is 10.0. The largest absolute Gasteiger partial charge is 0.481 e. The summed E-state index contributed by atoms with van der Waals surface area (Å²) in [5, 5.41) is 18.6. The summed E-state index contributed by atoms with van der Waals surface area (Å²) in [5.74, 6) is -4.28. The lowest BCUT2D eigenvalue weighted by Gasteiger charge is -2.33. The Balaban J connectivity index is 1.92. The molecule has 0 aliphatic carbocycles. The highest BCUT2D eigenvalue weighted by Gasteiger charge is 2.39. The van der Waals surface area contributed by atoms with Gasteiger partial charge in [-0.15, -0.1) is 0 Å². The fourth-order valence-corrected chi connectivity index (χ4v) is 3.20. The second kappa shape index (κ2) is 10.9. The van der Waals surface area contributed by atoms with E-state index in [1.165, 1.54) is 35.2 Å². The van der Waals surface area contributed by atoms with Crippen LogP contribution < -0.4 is 0 Å². The molecule has 160 valence electrons. The molecule has 0 spiro atoms. The van der Waals surface area contributed by atoms with Crippen molar-refractivity contribution >= 4 is 12.1 Å². The van der Waals surface area contributed by atoms with E-state index in [9.17, 15) is 23.5 Å². The molecule has 1 unspecified atom stereocenters. The molecule has 29 heavy (non-hydrogen) atoms. The monoisotopic (exact) mass is 411 g/mol. The molecular weight excluding hydrogens is 384 g/mol. The Morgan fingerprint density at radius 1 is 1.24 bits per heavy atom. The Morgan fingerprint density at radius 3 is 2.62 bits per heavy atom. The zero-order valence-electron chi connectivity index (χ0n) is 16.2. The molecule has 0 radical (unpaired) electrons. The fraction of sp³-hybridized carbons (Fsp3) is 0.524. The average molecular weight is 411 g/mol. The van der Waals surface area contributed by atoms with Crippen LogP contribution >= 0.6 is 0 Å². The number of carbonyl (C=O) groups excluding carboxylic acids is 1. The normalized spacial score (nSPS) is 18.7. The van der Waals surface area contributed by atoms with Gasteiger partial charge in [-0.25, -0.2) is 4.79 Å². The Hall–Kier alpha value is -2.48. The maximum Gasteiger partial charge on any atom is 0.410 e. The van der Waals surface area contributed by atoms with Gasteiger partial charge in [-0.05, 0) is 12.8 Å². The smallest absolute Gasteiger partial charge is 0.410 e. The number of aliphatic hydroxyl groups excluding tert-OH is 1. The highest BCUT2D eigenvalue weighted by Crippen LogP contribution is 2.32. The van der Waals surface area contributed by atoms with E-state index in [4.69, 9.17) is 9.84 Å². The zero-order chi connectivity index (χ0) is 21.3. The summed E-state index contributed by atoms with van der Waals surface area (Å²) in [5.41, 5.74) is -0.279. The second-order valence-corrected chi connectivity index (χ2v) is 7.04. The number of cyclic esters (lactones) is 1. The molecule has 2 rings (SSSR count). The molecule has 1 heterocycles. The van der Waals surface area contributed by atoms with Gasteiger partial charge >= 0.3 is 18.0 Å². The predicted molar refractivity (Wildman–Crippen MR) is 103 cm³/mol. The number of nitrogens with zero attached hydrogens (tertiary/aromatic N) is 1. The van der Waals surface area contributed by atoms with Crippen molar-refractivity contribution in [1.29, 1.82) is 0 Å². The van der Waals surface area contributed by atoms with Gasteiger partial charge in [0.2, 0.25) is 0 Å². The van der Waals surface area contributed by atoms with Crippen molar-refractivity contribution in [2.24, 2.45) is 0 Å². The second-order valence-electron chi connectivity index (χ2n) is 7.04. The summed E-state index contributed by atoms with van der Waals surface area (Å²) in [6.45, 7) is 0.570. The lowest BCUT2D eigenvalue weighted by Crippen LogP contribution is -2.45. The van der Waals surface area contributed by atoms with Crippen molar-refractivity contribution in [1.82, 2.24) is 4.90 Å². The van der Waals surface area contributed by atoms with Crippen LogP contribution in [0.15, 0.2) is 42.5 Å². The van der Waals surface area contributed by atoms with Crippen LogP contribution in [-0.2, 0) is 15.5 Å². The molecule has 1 aliphatic heterocycles. The van der Waals surface area contributed by atoms with E-state index >= 15 is 0 Å². The molecule has 0 bridgehead atoms. The van der Waals surface area contributed by atoms with E-state index in [1.807, 2.05) is 0 Å². The summed E-state index contributed by atoms with van der Waals surface area (Å²) in [6, 6.07) is 6.66. The molecule has 8 heteroatoms. The number of benzene rings is 1. The summed E-state index contributed by atoms with van der Waals surface area (Å²) in [6.07, 6.45) is 3.23. The SMILES string of the molecule is O=C(O)CCCCCCN1C(=O)OCC[C@@H]1/C=C/C(O)C(F)(F)c1ccccc1. The minimum Gasteiger partial charge on any atom is -0.481 e. The number of alkyl halides is 2. The number of carboxylic acid groups (broad SMARTS) is 1. The standard InChI is InChI=1S/C21H27F2NO5/c22-21(23,16-8-4-3-5-9-16)18(25)12-11-17-13-15-29-20(28)24(17)14-7-2-1-6-10-19(26)27/h3-5,8-9,11-12,17-18,25H,1-2,6-7,10,13-15H2,(H,26,27)/b12-11+/t17-,18?/m0/s1. The predicted octanol–water partition coefficient (Wildman–Crippen LogP) is 3.94. The van der Waals surface area contributed by atoms with Gasteiger partial charge in [0, 0.05) is 24.9 Å². The third-order valence-corrected chi connectivity index (χ3v) is 4.86. The van der Waals surface area contributed by atoms with Crippen molar-refractivity contribution in [3.05, 3.63) is 48.0 Å². The van der Waals surface area contributed by atoms with Crippen LogP contribution in [0, 0.1) is 0 Å². The minimum atomic E-state index is -3.44. The number of hydrogen-bond donors (Lipinski definition) is 2. The molecule has 1 aromatic rings. The van der Waals surface area contributed by atoms with Gasteiger partial charge in [0.1, 0.15) is 6.10 Å². The first-order chi connectivity index (χ1) is 13.8. The third-order valence-electron chi connectivity index (χ3n) is 4.86. The third kappa shape index (κ3) is 6.81. The maximum absolute atomic E-state index is 14.4. The number of carbonyl (C=O) groups is 2. The molecule has 2 atom stereocenters. The number of aliphatic hydroxyl groups is 1. The van der Waals surface area contributed by atoms with Crippen LogP contribution in [-0.4, -0.2) is 52.5 Å². The van der Waals surface area contributed by atoms with Crippen molar-refractivity contribution in [3.8, 4) is 0 Å². The summed E-state index contributed by atoms with van der Waals surface area (Å²) < 4.78 is 33.9. The van der Waals surface area contributed by atoms with Crippen LogP contribution in [0.3, 0.4) is 0 Å². The van der Waals surface area contributed by atoms with Gasteiger partial charge < -0.3 is 19.8 Å². The zero-order valence-corrected chi connectivity index (χ0v) is 16.2. The number of halogens is 2. The van der Waals surface area contributed by atoms with Gasteiger partial charge in [0.25, 0.3) is 0 Å². The average Bonchev–Trinajstić information content (AvgIpc) is 2.70. The first kappa shape index (κ1) is 22.8. The number of hydrogen-bond acceptors (Lipinski definition) is 4. The maximum atomic E-state index is 14.4. The van der Waals surface area contributed by atoms with E-state index in [0.29, 0.717) is 25.8 Å². The summed E-state index contributed by atoms with van der Waals surface area (Å²) >= 11 is 0. The summed E-state index contributed by atoms with van der Waals surface area (Å²) in [7, 11) is 0. The first-order valence-electron chi connectivity index (χ1n) is 9.77. The highest BCUT2D eigenvalue weighted by atomic mass is 19.3. The van der Waals surface area contributed by atoms with Crippen LogP contribution in [0.1, 0.15) is 44.1 Å². The van der Waals surface area contributed by atoms with Gasteiger partial charge in [-0.1, -0.05) is 55.3 Å². The number of unbranched alkanes of at least 4 members (excludes halogenated alkanes) is 3. The van der Waals surface area contributed by atoms with Crippen molar-refractivity contribution in [2.75, 3.05) is 13.2 Å². The minimum absolute atomic E-state index is 0.116. The van der Waals surface area contributed by atoms with Crippen molar-refractivity contribution < 1.29 is 33.3 Å². The molecule has 1 fully saturated rings. The quantitative estimate of drug-likeness (QED) is 0.425. The van der Waals surface area contributed by atoms with Crippen LogP contribution in [0.4, 0.5) is 13.6 Å². The van der Waals surface area contributed by atoms with E-state index in [2.05, 4.69) is 0 Å². The number of amides is 1. The van der Waals surface area contributed by atoms with Gasteiger partial charge in [-0.3, -0.25) is 4.79 Å². The number of aliphatic carboxylic acids is 1. The molecule has 2 N–H and O–H groups in total. The van der Waals surface area contributed by atoms with E-state index in [-0.39, 0.29) is 18.6 Å². The molecule has 0 saturated carbocycles. The number of rotatable bonds is 11. The van der Waals surface area contributed by atoms with Gasteiger partial charge in [-0.2, -0.15) is 8.78 Å².